The first-order valence-corrected chi connectivity index (χ1v) is 8.45. The molecule has 8 heteroatoms. The van der Waals surface area contributed by atoms with Gasteiger partial charge in [-0.25, -0.2) is 4.68 Å². The lowest BCUT2D eigenvalue weighted by Crippen LogP contribution is -2.28. The van der Waals surface area contributed by atoms with E-state index in [-0.39, 0.29) is 5.91 Å². The number of carbonyl (C=O) groups excluding carboxylic acids is 1. The summed E-state index contributed by atoms with van der Waals surface area (Å²) in [6.45, 7) is 1.54. The maximum atomic E-state index is 12.7. The number of hydrogen-bond donors (Lipinski definition) is 0. The molecule has 8 nitrogen and oxygen atoms in total. The molecule has 0 spiro atoms. The normalized spacial score (nSPS) is 13.8. The van der Waals surface area contributed by atoms with Crippen molar-refractivity contribution in [3.63, 3.8) is 0 Å². The molecule has 0 bridgehead atoms. The van der Waals surface area contributed by atoms with Crippen LogP contribution in [0.3, 0.4) is 0 Å². The number of ether oxygens (including phenoxy) is 1. The zero-order valence-corrected chi connectivity index (χ0v) is 14.4. The number of aromatic nitrogens is 5. The van der Waals surface area contributed by atoms with Gasteiger partial charge in [-0.2, -0.15) is 5.10 Å². The molecule has 1 aliphatic heterocycles. The van der Waals surface area contributed by atoms with E-state index in [4.69, 9.17) is 4.74 Å². The Balaban J connectivity index is 1.78. The van der Waals surface area contributed by atoms with E-state index in [1.807, 2.05) is 23.1 Å². The van der Waals surface area contributed by atoms with Crippen LogP contribution in [0.25, 0.3) is 17.2 Å². The fourth-order valence-electron chi connectivity index (χ4n) is 2.97. The predicted octanol–water partition coefficient (Wildman–Crippen LogP) is 1.97. The summed E-state index contributed by atoms with van der Waals surface area (Å²) in [5.74, 6) is 0.834. The van der Waals surface area contributed by atoms with Crippen LogP contribution in [-0.4, -0.2) is 56.0 Å². The van der Waals surface area contributed by atoms with Crippen LogP contribution < -0.4 is 4.74 Å². The van der Waals surface area contributed by atoms with Gasteiger partial charge in [0.1, 0.15) is 0 Å². The summed E-state index contributed by atoms with van der Waals surface area (Å²) in [6.07, 6.45) is 3.77. The highest BCUT2D eigenvalue weighted by atomic mass is 16.5. The van der Waals surface area contributed by atoms with Gasteiger partial charge in [0.05, 0.1) is 18.5 Å². The molecule has 0 N–H and O–H groups in total. The van der Waals surface area contributed by atoms with Gasteiger partial charge in [0.2, 0.25) is 5.88 Å². The minimum absolute atomic E-state index is 0.0695. The Morgan fingerprint density at radius 2 is 1.96 bits per heavy atom. The van der Waals surface area contributed by atoms with Crippen molar-refractivity contribution in [2.45, 2.75) is 12.8 Å². The van der Waals surface area contributed by atoms with Gasteiger partial charge in [0, 0.05) is 25.4 Å². The van der Waals surface area contributed by atoms with Gasteiger partial charge >= 0.3 is 0 Å². The van der Waals surface area contributed by atoms with Crippen molar-refractivity contribution < 1.29 is 9.53 Å². The lowest BCUT2D eigenvalue weighted by Gasteiger charge is -2.12. The summed E-state index contributed by atoms with van der Waals surface area (Å²) in [4.78, 5) is 19.0. The molecule has 0 aromatic carbocycles. The quantitative estimate of drug-likeness (QED) is 0.715. The highest BCUT2D eigenvalue weighted by molar-refractivity contribution is 5.93. The summed E-state index contributed by atoms with van der Waals surface area (Å²) in [5.41, 5.74) is 1.77. The Kier molecular flexibility index (Phi) is 4.30. The summed E-state index contributed by atoms with van der Waals surface area (Å²) in [5, 5.41) is 12.6. The molecule has 1 saturated heterocycles. The molecule has 1 aliphatic rings. The van der Waals surface area contributed by atoms with Gasteiger partial charge in [0.15, 0.2) is 11.5 Å². The van der Waals surface area contributed by atoms with Crippen molar-refractivity contribution in [1.82, 2.24) is 29.9 Å². The Morgan fingerprint density at radius 3 is 2.62 bits per heavy atom. The third kappa shape index (κ3) is 3.01. The van der Waals surface area contributed by atoms with Crippen LogP contribution in [0.2, 0.25) is 0 Å². The first kappa shape index (κ1) is 16.2. The van der Waals surface area contributed by atoms with E-state index >= 15 is 0 Å². The first-order chi connectivity index (χ1) is 12.8. The Hall–Kier alpha value is -3.29. The second kappa shape index (κ2) is 6.91. The largest absolute Gasteiger partial charge is 0.480 e. The van der Waals surface area contributed by atoms with Crippen LogP contribution in [-0.2, 0) is 0 Å². The van der Waals surface area contributed by atoms with Crippen molar-refractivity contribution >= 4 is 5.91 Å². The summed E-state index contributed by atoms with van der Waals surface area (Å²) in [7, 11) is 1.53. The van der Waals surface area contributed by atoms with E-state index in [2.05, 4.69) is 20.3 Å². The van der Waals surface area contributed by atoms with E-state index in [0.29, 0.717) is 28.8 Å². The number of methoxy groups -OCH3 is 1. The minimum Gasteiger partial charge on any atom is -0.480 e. The van der Waals surface area contributed by atoms with Gasteiger partial charge in [-0.05, 0) is 37.1 Å². The highest BCUT2D eigenvalue weighted by Crippen LogP contribution is 2.23. The zero-order valence-electron chi connectivity index (χ0n) is 14.4. The smallest absolute Gasteiger partial charge is 0.274 e. The van der Waals surface area contributed by atoms with Crippen LogP contribution in [0.4, 0.5) is 0 Å². The fourth-order valence-corrected chi connectivity index (χ4v) is 2.97. The number of carbonyl (C=O) groups is 1. The highest BCUT2D eigenvalue weighted by Gasteiger charge is 2.24. The number of likely N-dealkylation sites (tertiary alicyclic amines) is 1. The maximum absolute atomic E-state index is 12.7. The summed E-state index contributed by atoms with van der Waals surface area (Å²) < 4.78 is 6.65. The zero-order chi connectivity index (χ0) is 17.9. The van der Waals surface area contributed by atoms with E-state index in [1.54, 1.807) is 29.1 Å². The Morgan fingerprint density at radius 1 is 1.12 bits per heavy atom. The number of hydrogen-bond acceptors (Lipinski definition) is 6. The van der Waals surface area contributed by atoms with Crippen LogP contribution in [0, 0.1) is 0 Å². The standard InChI is InChI=1S/C18H18N6O2/c1-26-17-8-7-16(20-21-17)24-15(13-6-2-3-9-19-13)12-14(22-24)18(25)23-10-4-5-11-23/h2-3,6-9,12H,4-5,10-11H2,1H3. The van der Waals surface area contributed by atoms with E-state index in [0.717, 1.165) is 25.9 Å². The molecular weight excluding hydrogens is 332 g/mol. The second-order valence-electron chi connectivity index (χ2n) is 5.97. The van der Waals surface area contributed by atoms with Crippen LogP contribution in [0.15, 0.2) is 42.6 Å². The van der Waals surface area contributed by atoms with Gasteiger partial charge < -0.3 is 9.64 Å². The lowest BCUT2D eigenvalue weighted by atomic mass is 10.2. The molecule has 0 radical (unpaired) electrons. The van der Waals surface area contributed by atoms with Crippen molar-refractivity contribution in [3.05, 3.63) is 48.3 Å². The number of nitrogens with zero attached hydrogens (tertiary/aromatic N) is 6. The predicted molar refractivity (Wildman–Crippen MR) is 94.1 cm³/mol. The van der Waals surface area contributed by atoms with Gasteiger partial charge in [-0.15, -0.1) is 10.2 Å². The van der Waals surface area contributed by atoms with Gasteiger partial charge in [-0.3, -0.25) is 9.78 Å². The number of amides is 1. The minimum atomic E-state index is -0.0695. The average Bonchev–Trinajstić information content (AvgIpc) is 3.38. The topological polar surface area (TPSA) is 86.0 Å². The average molecular weight is 350 g/mol. The molecule has 1 fully saturated rings. The van der Waals surface area contributed by atoms with Crippen molar-refractivity contribution in [2.75, 3.05) is 20.2 Å². The molecule has 0 aliphatic carbocycles. The fraction of sp³-hybridized carbons (Fsp3) is 0.278. The molecular formula is C18H18N6O2. The van der Waals surface area contributed by atoms with Gasteiger partial charge in [0.25, 0.3) is 5.91 Å². The molecule has 0 atom stereocenters. The molecule has 1 amide bonds. The van der Waals surface area contributed by atoms with Crippen LogP contribution >= 0.6 is 0 Å². The first-order valence-electron chi connectivity index (χ1n) is 8.45. The maximum Gasteiger partial charge on any atom is 0.274 e. The monoisotopic (exact) mass is 350 g/mol. The molecule has 3 aromatic rings. The summed E-state index contributed by atoms with van der Waals surface area (Å²) >= 11 is 0. The molecule has 0 saturated carbocycles. The van der Waals surface area contributed by atoms with Crippen molar-refractivity contribution in [2.24, 2.45) is 0 Å². The lowest BCUT2D eigenvalue weighted by molar-refractivity contribution is 0.0786. The molecule has 4 heterocycles. The van der Waals surface area contributed by atoms with Crippen LogP contribution in [0.1, 0.15) is 23.3 Å². The molecule has 0 unspecified atom stereocenters. The number of pyridine rings is 1. The molecule has 132 valence electrons. The van der Waals surface area contributed by atoms with Crippen molar-refractivity contribution in [3.8, 4) is 23.1 Å². The third-order valence-electron chi connectivity index (χ3n) is 4.30. The van der Waals surface area contributed by atoms with Crippen LogP contribution in [0.5, 0.6) is 5.88 Å². The Labute approximate surface area is 150 Å². The van der Waals surface area contributed by atoms with Gasteiger partial charge in [-0.1, -0.05) is 6.07 Å². The number of rotatable bonds is 4. The van der Waals surface area contributed by atoms with Crippen molar-refractivity contribution in [1.29, 1.82) is 0 Å². The second-order valence-corrected chi connectivity index (χ2v) is 5.97. The SMILES string of the molecule is COc1ccc(-n2nc(C(=O)N3CCCC3)cc2-c2ccccn2)nn1. The van der Waals surface area contributed by atoms with E-state index < -0.39 is 0 Å². The van der Waals surface area contributed by atoms with E-state index in [9.17, 15) is 4.79 Å². The van der Waals surface area contributed by atoms with E-state index in [1.165, 1.54) is 7.11 Å². The molecule has 4 rings (SSSR count). The Bertz CT molecular complexity index is 901. The molecule has 26 heavy (non-hydrogen) atoms. The summed E-state index contributed by atoms with van der Waals surface area (Å²) in [6, 6.07) is 10.8. The molecule has 3 aromatic heterocycles. The third-order valence-corrected chi connectivity index (χ3v) is 4.30.